The topological polar surface area (TPSA) is 55.1 Å². The minimum absolute atomic E-state index is 0.0956. The van der Waals surface area contributed by atoms with E-state index in [9.17, 15) is 13.6 Å². The number of halogens is 2. The van der Waals surface area contributed by atoms with Crippen molar-refractivity contribution < 1.29 is 13.6 Å². The first-order valence-electron chi connectivity index (χ1n) is 3.99. The molecule has 1 aromatic rings. The molecule has 1 rings (SSSR count). The first-order valence-corrected chi connectivity index (χ1v) is 3.99. The Labute approximate surface area is 79.9 Å². The van der Waals surface area contributed by atoms with Crippen molar-refractivity contribution in [1.82, 2.24) is 5.32 Å². The zero-order valence-electron chi connectivity index (χ0n) is 7.60. The van der Waals surface area contributed by atoms with E-state index in [4.69, 9.17) is 5.73 Å². The molecule has 0 bridgehead atoms. The Bertz CT molecular complexity index is 366. The molecule has 0 aliphatic carbocycles. The SMILES string of the molecule is Cc1c(CNC(N)=O)ccc(F)c1F. The van der Waals surface area contributed by atoms with Gasteiger partial charge in [-0.25, -0.2) is 13.6 Å². The lowest BCUT2D eigenvalue weighted by molar-refractivity contribution is 0.248. The van der Waals surface area contributed by atoms with E-state index < -0.39 is 17.7 Å². The summed E-state index contributed by atoms with van der Waals surface area (Å²) in [6, 6.07) is 1.72. The van der Waals surface area contributed by atoms with Crippen LogP contribution in [0.2, 0.25) is 0 Å². The zero-order valence-corrected chi connectivity index (χ0v) is 7.60. The summed E-state index contributed by atoms with van der Waals surface area (Å²) < 4.78 is 25.7. The average molecular weight is 200 g/mol. The Hall–Kier alpha value is -1.65. The van der Waals surface area contributed by atoms with E-state index in [2.05, 4.69) is 5.32 Å². The predicted molar refractivity (Wildman–Crippen MR) is 47.5 cm³/mol. The van der Waals surface area contributed by atoms with Crippen molar-refractivity contribution in [3.8, 4) is 0 Å². The molecule has 0 radical (unpaired) electrons. The Morgan fingerprint density at radius 2 is 2.14 bits per heavy atom. The molecule has 0 saturated carbocycles. The highest BCUT2D eigenvalue weighted by Crippen LogP contribution is 2.15. The number of urea groups is 1. The van der Waals surface area contributed by atoms with Crippen LogP contribution < -0.4 is 11.1 Å². The molecule has 0 saturated heterocycles. The molecular weight excluding hydrogens is 190 g/mol. The Morgan fingerprint density at radius 3 is 2.71 bits per heavy atom. The fourth-order valence-electron chi connectivity index (χ4n) is 1.07. The number of carbonyl (C=O) groups excluding carboxylic acids is 1. The van der Waals surface area contributed by atoms with Crippen LogP contribution in [0.1, 0.15) is 11.1 Å². The molecule has 3 N–H and O–H groups in total. The highest BCUT2D eigenvalue weighted by molar-refractivity contribution is 5.71. The molecule has 2 amide bonds. The number of benzene rings is 1. The summed E-state index contributed by atoms with van der Waals surface area (Å²) in [6.07, 6.45) is 0. The van der Waals surface area contributed by atoms with Gasteiger partial charge in [0.15, 0.2) is 11.6 Å². The molecule has 76 valence electrons. The van der Waals surface area contributed by atoms with Crippen LogP contribution in [-0.2, 0) is 6.54 Å². The van der Waals surface area contributed by atoms with Gasteiger partial charge in [0.05, 0.1) is 0 Å². The third kappa shape index (κ3) is 2.18. The van der Waals surface area contributed by atoms with Crippen molar-refractivity contribution in [2.24, 2.45) is 5.73 Å². The fraction of sp³-hybridized carbons (Fsp3) is 0.222. The fourth-order valence-corrected chi connectivity index (χ4v) is 1.07. The monoisotopic (exact) mass is 200 g/mol. The van der Waals surface area contributed by atoms with Crippen LogP contribution in [0, 0.1) is 18.6 Å². The molecule has 3 nitrogen and oxygen atoms in total. The lowest BCUT2D eigenvalue weighted by Crippen LogP contribution is -2.29. The molecule has 0 spiro atoms. The number of nitrogens with two attached hydrogens (primary N) is 1. The van der Waals surface area contributed by atoms with Crippen molar-refractivity contribution >= 4 is 6.03 Å². The predicted octanol–water partition coefficient (Wildman–Crippen LogP) is 1.44. The molecular formula is C9H10F2N2O. The lowest BCUT2D eigenvalue weighted by atomic mass is 10.1. The Balaban J connectivity index is 2.88. The van der Waals surface area contributed by atoms with Crippen LogP contribution in [0.5, 0.6) is 0 Å². The summed E-state index contributed by atoms with van der Waals surface area (Å²) in [5.74, 6) is -1.79. The number of hydrogen-bond donors (Lipinski definition) is 2. The number of primary amides is 1. The molecule has 1 aromatic carbocycles. The van der Waals surface area contributed by atoms with E-state index >= 15 is 0 Å². The normalized spacial score (nSPS) is 9.93. The first kappa shape index (κ1) is 10.4. The van der Waals surface area contributed by atoms with Crippen molar-refractivity contribution in [3.05, 3.63) is 34.9 Å². The van der Waals surface area contributed by atoms with Gasteiger partial charge in [-0.2, -0.15) is 0 Å². The van der Waals surface area contributed by atoms with E-state index in [1.807, 2.05) is 0 Å². The van der Waals surface area contributed by atoms with Gasteiger partial charge in [-0.3, -0.25) is 0 Å². The van der Waals surface area contributed by atoms with Gasteiger partial charge < -0.3 is 11.1 Å². The summed E-state index contributed by atoms with van der Waals surface area (Å²) in [4.78, 5) is 10.4. The van der Waals surface area contributed by atoms with Crippen molar-refractivity contribution in [3.63, 3.8) is 0 Å². The standard InChI is InChI=1S/C9H10F2N2O/c1-5-6(4-13-9(12)14)2-3-7(10)8(5)11/h2-3H,4H2,1H3,(H3,12,13,14). The highest BCUT2D eigenvalue weighted by atomic mass is 19.2. The van der Waals surface area contributed by atoms with Gasteiger partial charge in [-0.05, 0) is 24.1 Å². The highest BCUT2D eigenvalue weighted by Gasteiger charge is 2.09. The maximum atomic E-state index is 13.0. The van der Waals surface area contributed by atoms with Crippen LogP contribution in [0.4, 0.5) is 13.6 Å². The second-order valence-corrected chi connectivity index (χ2v) is 2.86. The summed E-state index contributed by atoms with van der Waals surface area (Å²) in [5, 5.41) is 2.30. The maximum absolute atomic E-state index is 13.0. The van der Waals surface area contributed by atoms with Crippen LogP contribution in [0.3, 0.4) is 0 Å². The number of rotatable bonds is 2. The smallest absolute Gasteiger partial charge is 0.312 e. The van der Waals surface area contributed by atoms with Gasteiger partial charge in [-0.15, -0.1) is 0 Å². The second-order valence-electron chi connectivity index (χ2n) is 2.86. The number of carbonyl (C=O) groups is 1. The van der Waals surface area contributed by atoms with E-state index in [1.54, 1.807) is 0 Å². The summed E-state index contributed by atoms with van der Waals surface area (Å²) in [6.45, 7) is 1.54. The number of nitrogens with one attached hydrogen (secondary N) is 1. The molecule has 0 aromatic heterocycles. The molecule has 0 atom stereocenters. The quantitative estimate of drug-likeness (QED) is 0.745. The van der Waals surface area contributed by atoms with Gasteiger partial charge in [0.25, 0.3) is 0 Å². The molecule has 0 aliphatic rings. The number of amides is 2. The van der Waals surface area contributed by atoms with E-state index in [0.29, 0.717) is 5.56 Å². The molecule has 0 fully saturated rings. The number of hydrogen-bond acceptors (Lipinski definition) is 1. The van der Waals surface area contributed by atoms with Gasteiger partial charge in [0.1, 0.15) is 0 Å². The third-order valence-corrected chi connectivity index (χ3v) is 1.90. The van der Waals surface area contributed by atoms with Crippen LogP contribution in [0.25, 0.3) is 0 Å². The van der Waals surface area contributed by atoms with Crippen molar-refractivity contribution in [2.45, 2.75) is 13.5 Å². The van der Waals surface area contributed by atoms with Gasteiger partial charge in [-0.1, -0.05) is 6.07 Å². The van der Waals surface area contributed by atoms with Crippen LogP contribution in [-0.4, -0.2) is 6.03 Å². The Morgan fingerprint density at radius 1 is 1.50 bits per heavy atom. The zero-order chi connectivity index (χ0) is 10.7. The molecule has 0 heterocycles. The summed E-state index contributed by atoms with van der Waals surface area (Å²) >= 11 is 0. The first-order chi connectivity index (χ1) is 6.52. The van der Waals surface area contributed by atoms with Crippen molar-refractivity contribution in [2.75, 3.05) is 0 Å². The van der Waals surface area contributed by atoms with E-state index in [0.717, 1.165) is 6.07 Å². The van der Waals surface area contributed by atoms with Gasteiger partial charge in [0.2, 0.25) is 0 Å². The summed E-state index contributed by atoms with van der Waals surface area (Å²) in [5.41, 5.74) is 5.52. The molecule has 14 heavy (non-hydrogen) atoms. The van der Waals surface area contributed by atoms with Crippen molar-refractivity contribution in [1.29, 1.82) is 0 Å². The largest absolute Gasteiger partial charge is 0.352 e. The summed E-state index contributed by atoms with van der Waals surface area (Å²) in [7, 11) is 0. The lowest BCUT2D eigenvalue weighted by Gasteiger charge is -2.07. The molecule has 0 aliphatic heterocycles. The van der Waals surface area contributed by atoms with Crippen LogP contribution in [0.15, 0.2) is 12.1 Å². The van der Waals surface area contributed by atoms with Gasteiger partial charge in [0, 0.05) is 6.54 Å². The maximum Gasteiger partial charge on any atom is 0.312 e. The second kappa shape index (κ2) is 4.04. The molecule has 0 unspecified atom stereocenters. The minimum atomic E-state index is -0.898. The van der Waals surface area contributed by atoms with E-state index in [1.165, 1.54) is 13.0 Å². The van der Waals surface area contributed by atoms with E-state index in [-0.39, 0.29) is 12.1 Å². The van der Waals surface area contributed by atoms with Crippen LogP contribution >= 0.6 is 0 Å². The van der Waals surface area contributed by atoms with Gasteiger partial charge >= 0.3 is 6.03 Å². The Kier molecular flexibility index (Phi) is 3.01. The minimum Gasteiger partial charge on any atom is -0.352 e. The third-order valence-electron chi connectivity index (χ3n) is 1.90. The molecule has 5 heteroatoms. The average Bonchev–Trinajstić information content (AvgIpc) is 2.13.